The van der Waals surface area contributed by atoms with E-state index in [0.29, 0.717) is 11.8 Å². The molecule has 1 aromatic heterocycles. The number of hydrogen-bond donors (Lipinski definition) is 0. The van der Waals surface area contributed by atoms with E-state index in [0.717, 1.165) is 57.3 Å². The molecule has 0 radical (unpaired) electrons. The zero-order valence-corrected chi connectivity index (χ0v) is 30.6. The number of nitrogens with zero attached hydrogens (tertiary/aromatic N) is 3. The second-order valence-corrected chi connectivity index (χ2v) is 15.4. The van der Waals surface area contributed by atoms with E-state index < -0.39 is 32.7 Å². The number of esters is 2. The topological polar surface area (TPSA) is 152 Å². The Morgan fingerprint density at radius 3 is 2.55 bits per heavy atom. The zero-order chi connectivity index (χ0) is 37.0. The molecule has 1 saturated carbocycles. The minimum Gasteiger partial charge on any atom is -0.465 e. The summed E-state index contributed by atoms with van der Waals surface area (Å²) in [6, 6.07) is 7.27. The van der Waals surface area contributed by atoms with Crippen molar-refractivity contribution in [2.75, 3.05) is 45.3 Å². The number of piperidine rings is 1. The SMILES string of the molecule is C=C[C@]1(C)CC[C@@H](C(=C)CN2CCCC(COC(=O)CCC(=O)OCC#CCOc3no[n+]([O-])c3S(=O)(=O)c3ccccc3)C2)C[C@H]1C(=C)CCl. The third kappa shape index (κ3) is 10.7. The fraction of sp³-hybridized carbons (Fsp3) is 0.514. The van der Waals surface area contributed by atoms with Gasteiger partial charge in [0.2, 0.25) is 0 Å². The van der Waals surface area contributed by atoms with Crippen molar-refractivity contribution >= 4 is 33.4 Å². The van der Waals surface area contributed by atoms with Gasteiger partial charge >= 0.3 is 22.8 Å². The van der Waals surface area contributed by atoms with Gasteiger partial charge in [0.25, 0.3) is 9.84 Å². The second kappa shape index (κ2) is 18.4. The minimum atomic E-state index is -4.26. The molecule has 1 aromatic carbocycles. The van der Waals surface area contributed by atoms with Crippen molar-refractivity contribution in [3.05, 3.63) is 72.5 Å². The van der Waals surface area contributed by atoms with E-state index in [1.54, 1.807) is 6.07 Å². The van der Waals surface area contributed by atoms with Crippen LogP contribution in [0, 0.1) is 40.2 Å². The molecule has 2 aromatic rings. The number of rotatable bonds is 16. The maximum absolute atomic E-state index is 12.8. The number of hydrogen-bond acceptors (Lipinski definition) is 11. The van der Waals surface area contributed by atoms with Crippen molar-refractivity contribution in [3.63, 3.8) is 0 Å². The highest BCUT2D eigenvalue weighted by Crippen LogP contribution is 2.49. The molecule has 1 aliphatic carbocycles. The quantitative estimate of drug-likeness (QED) is 0.0746. The predicted molar refractivity (Wildman–Crippen MR) is 189 cm³/mol. The molecule has 14 heteroatoms. The number of sulfone groups is 1. The normalized spacial score (nSPS) is 22.2. The number of halogens is 1. The lowest BCUT2D eigenvalue weighted by Gasteiger charge is -2.45. The lowest BCUT2D eigenvalue weighted by atomic mass is 9.61. The number of carbonyl (C=O) groups excluding carboxylic acids is 2. The summed E-state index contributed by atoms with van der Waals surface area (Å²) in [5, 5.41) is 14.5. The molecule has 276 valence electrons. The van der Waals surface area contributed by atoms with Crippen LogP contribution in [0.15, 0.2) is 81.8 Å². The molecule has 0 bridgehead atoms. The van der Waals surface area contributed by atoms with Gasteiger partial charge in [-0.15, -0.1) is 18.2 Å². The first kappa shape index (κ1) is 39.7. The molecule has 12 nitrogen and oxygen atoms in total. The molecule has 1 aliphatic heterocycles. The first-order valence-electron chi connectivity index (χ1n) is 16.9. The maximum atomic E-state index is 12.8. The van der Waals surface area contributed by atoms with Crippen molar-refractivity contribution in [2.45, 2.75) is 61.8 Å². The first-order valence-corrected chi connectivity index (χ1v) is 19.0. The predicted octanol–water partition coefficient (Wildman–Crippen LogP) is 5.06. The smallest absolute Gasteiger partial charge is 0.415 e. The van der Waals surface area contributed by atoms with Crippen LogP contribution in [-0.4, -0.2) is 75.7 Å². The van der Waals surface area contributed by atoms with E-state index in [1.807, 2.05) is 0 Å². The van der Waals surface area contributed by atoms with Crippen molar-refractivity contribution < 1.29 is 41.7 Å². The summed E-state index contributed by atoms with van der Waals surface area (Å²) in [5.41, 5.74) is 2.27. The highest BCUT2D eigenvalue weighted by atomic mass is 35.5. The van der Waals surface area contributed by atoms with Gasteiger partial charge in [-0.25, -0.2) is 8.42 Å². The summed E-state index contributed by atoms with van der Waals surface area (Å²) in [6.45, 7) is 17.3. The Bertz CT molecular complexity index is 1730. The number of carbonyl (C=O) groups is 2. The lowest BCUT2D eigenvalue weighted by Crippen LogP contribution is -2.40. The summed E-state index contributed by atoms with van der Waals surface area (Å²) in [7, 11) is -4.26. The van der Waals surface area contributed by atoms with Gasteiger partial charge in [0.1, 0.15) is 0 Å². The van der Waals surface area contributed by atoms with Gasteiger partial charge in [0.05, 0.1) is 29.5 Å². The van der Waals surface area contributed by atoms with E-state index in [4.69, 9.17) is 25.8 Å². The number of alkyl halides is 1. The molecule has 1 unspecified atom stereocenters. The molecule has 4 rings (SSSR count). The summed E-state index contributed by atoms with van der Waals surface area (Å²) in [6.07, 6.45) is 6.78. The van der Waals surface area contributed by atoms with E-state index in [9.17, 15) is 23.2 Å². The monoisotopic (exact) mass is 743 g/mol. The fourth-order valence-electron chi connectivity index (χ4n) is 6.64. The van der Waals surface area contributed by atoms with Gasteiger partial charge in [0.15, 0.2) is 13.2 Å². The van der Waals surface area contributed by atoms with Crippen LogP contribution in [0.3, 0.4) is 0 Å². The minimum absolute atomic E-state index is 0.00211. The van der Waals surface area contributed by atoms with Crippen LogP contribution in [0.2, 0.25) is 0 Å². The Morgan fingerprint density at radius 1 is 1.14 bits per heavy atom. The number of likely N-dealkylation sites (tertiary alicyclic amines) is 1. The third-order valence-electron chi connectivity index (χ3n) is 9.67. The summed E-state index contributed by atoms with van der Waals surface area (Å²) in [4.78, 5) is 26.5. The highest BCUT2D eigenvalue weighted by molar-refractivity contribution is 7.91. The van der Waals surface area contributed by atoms with Crippen molar-refractivity contribution in [1.82, 2.24) is 10.1 Å². The Labute approximate surface area is 304 Å². The van der Waals surface area contributed by atoms with E-state index >= 15 is 0 Å². The Balaban J connectivity index is 1.12. The van der Waals surface area contributed by atoms with Crippen LogP contribution in [0.1, 0.15) is 51.9 Å². The Hall–Kier alpha value is -4.12. The molecule has 1 saturated heterocycles. The second-order valence-electron chi connectivity index (χ2n) is 13.3. The van der Waals surface area contributed by atoms with Crippen molar-refractivity contribution in [3.8, 4) is 17.7 Å². The van der Waals surface area contributed by atoms with Gasteiger partial charge in [-0.2, -0.15) is 0 Å². The average Bonchev–Trinajstić information content (AvgIpc) is 3.52. The molecule has 4 atom stereocenters. The van der Waals surface area contributed by atoms with Crippen LogP contribution in [0.4, 0.5) is 0 Å². The van der Waals surface area contributed by atoms with E-state index in [2.05, 4.69) is 59.3 Å². The van der Waals surface area contributed by atoms with Gasteiger partial charge in [0, 0.05) is 24.9 Å². The van der Waals surface area contributed by atoms with Crippen molar-refractivity contribution in [2.24, 2.45) is 23.2 Å². The van der Waals surface area contributed by atoms with Crippen LogP contribution in [-0.2, 0) is 28.9 Å². The Morgan fingerprint density at radius 2 is 1.84 bits per heavy atom. The number of aromatic nitrogens is 2. The summed E-state index contributed by atoms with van der Waals surface area (Å²) in [5.74, 6) is 4.74. The molecule has 2 heterocycles. The fourth-order valence-corrected chi connectivity index (χ4v) is 8.12. The zero-order valence-electron chi connectivity index (χ0n) is 29.0. The molecular weight excluding hydrogens is 698 g/mol. The molecule has 0 amide bonds. The lowest BCUT2D eigenvalue weighted by molar-refractivity contribution is -0.832. The highest BCUT2D eigenvalue weighted by Gasteiger charge is 2.40. The van der Waals surface area contributed by atoms with Crippen LogP contribution in [0.25, 0.3) is 0 Å². The van der Waals surface area contributed by atoms with Crippen LogP contribution < -0.4 is 9.64 Å². The Kier molecular flexibility index (Phi) is 14.3. The third-order valence-corrected chi connectivity index (χ3v) is 11.7. The van der Waals surface area contributed by atoms with Crippen LogP contribution >= 0.6 is 11.6 Å². The average molecular weight is 744 g/mol. The number of allylic oxidation sites excluding steroid dienone is 2. The van der Waals surface area contributed by atoms with Gasteiger partial charge < -0.3 is 19.4 Å². The summed E-state index contributed by atoms with van der Waals surface area (Å²) >= 11 is 6.18. The van der Waals surface area contributed by atoms with Gasteiger partial charge in [-0.3, -0.25) is 19.1 Å². The van der Waals surface area contributed by atoms with Gasteiger partial charge in [-0.1, -0.05) is 67.3 Å². The molecule has 2 fully saturated rings. The van der Waals surface area contributed by atoms with E-state index in [1.165, 1.54) is 29.8 Å². The van der Waals surface area contributed by atoms with E-state index in [-0.39, 0.29) is 59.7 Å². The first-order chi connectivity index (χ1) is 24.4. The molecule has 2 aliphatic rings. The standard InChI is InChI=1S/C37H46ClN3O9S/c1-5-37(4)18-17-30(22-32(37)27(2)23-38)28(3)24-40-19-11-12-29(25-40)26-49-34(43)16-15-33(42)47-20-9-10-21-48-35-36(41(44)50-39-35)51(45,46)31-13-7-6-8-14-31/h5-8,13-14,29-30,32H,1-3,11-12,15-26H2,4H3/t29?,30-,32+,37-/m1/s1. The molecular formula is C37H46ClN3O9S. The number of ether oxygens (including phenoxy) is 3. The molecule has 0 spiro atoms. The largest absolute Gasteiger partial charge is 0.465 e. The number of benzene rings is 1. The molecule has 0 N–H and O–H groups in total. The van der Waals surface area contributed by atoms with Crippen molar-refractivity contribution in [1.29, 1.82) is 0 Å². The molecule has 51 heavy (non-hydrogen) atoms. The van der Waals surface area contributed by atoms with Gasteiger partial charge in [-0.05, 0) is 72.9 Å². The van der Waals surface area contributed by atoms with Crippen LogP contribution in [0.5, 0.6) is 5.88 Å². The maximum Gasteiger partial charge on any atom is 0.415 e. The summed E-state index contributed by atoms with van der Waals surface area (Å²) < 4.78 is 45.7.